The van der Waals surface area contributed by atoms with E-state index in [-0.39, 0.29) is 19.1 Å². The predicted molar refractivity (Wildman–Crippen MR) is 183 cm³/mol. The molecule has 254 valence electrons. The smallest absolute Gasteiger partial charge is 0.437 e. The molecule has 4 amide bonds. The summed E-state index contributed by atoms with van der Waals surface area (Å²) in [7, 11) is 1.85. The molecule has 0 aliphatic carbocycles. The summed E-state index contributed by atoms with van der Waals surface area (Å²) in [4.78, 5) is 54.8. The molecule has 48 heavy (non-hydrogen) atoms. The quantitative estimate of drug-likeness (QED) is 0.135. The maximum Gasteiger partial charge on any atom is 0.437 e. The molecule has 2 heterocycles. The van der Waals surface area contributed by atoms with Gasteiger partial charge in [-0.25, -0.2) is 19.3 Å². The number of nitrogens with one attached hydrogen (secondary N) is 2. The fourth-order valence-electron chi connectivity index (χ4n) is 4.41. The minimum Gasteiger partial charge on any atom is -0.489 e. The van der Waals surface area contributed by atoms with Gasteiger partial charge in [0, 0.05) is 18.3 Å². The zero-order chi connectivity index (χ0) is 35.2. The lowest BCUT2D eigenvalue weighted by molar-refractivity contribution is 0.0555. The number of fused-ring (bicyclic) bond motifs is 1. The topological polar surface area (TPSA) is 161 Å². The summed E-state index contributed by atoms with van der Waals surface area (Å²) in [5, 5.41) is 17.2. The van der Waals surface area contributed by atoms with Gasteiger partial charge in [0.2, 0.25) is 5.96 Å². The van der Waals surface area contributed by atoms with E-state index in [2.05, 4.69) is 15.6 Å². The molecule has 0 saturated carbocycles. The van der Waals surface area contributed by atoms with Crippen LogP contribution in [-0.4, -0.2) is 55.9 Å². The number of thiophene rings is 1. The SMILES string of the molecule is Cn1c(C(=O)Nc2ccccc2COc2ccc(CN(C(=O)O)C(=NC(=O)OC(C)(C)C)NC(=O)OC(C)(C)C)cc2)cc2sccc21. The molecule has 0 aliphatic heterocycles. The van der Waals surface area contributed by atoms with Crippen molar-refractivity contribution in [2.24, 2.45) is 12.0 Å². The van der Waals surface area contributed by atoms with Gasteiger partial charge in [-0.1, -0.05) is 30.3 Å². The number of para-hydroxylation sites is 1. The van der Waals surface area contributed by atoms with Gasteiger partial charge in [-0.2, -0.15) is 0 Å². The monoisotopic (exact) mass is 677 g/mol. The first-order chi connectivity index (χ1) is 22.5. The standard InChI is InChI=1S/C34H39N5O8S/c1-33(2,3)46-30(41)36-29(37-31(42)47-34(4,5)6)39(32(43)44)19-21-12-14-23(15-13-21)45-20-22-10-8-9-11-24(22)35-28(40)26-18-27-25(38(26)7)16-17-48-27/h8-18H,19-20H2,1-7H3,(H,35,40)(H,43,44)(H,36,37,41,42). The number of rotatable bonds is 7. The molecule has 2 aromatic carbocycles. The predicted octanol–water partition coefficient (Wildman–Crippen LogP) is 7.37. The van der Waals surface area contributed by atoms with E-state index in [1.165, 1.54) is 0 Å². The summed E-state index contributed by atoms with van der Waals surface area (Å²) >= 11 is 1.57. The van der Waals surface area contributed by atoms with Gasteiger partial charge >= 0.3 is 18.3 Å². The Morgan fingerprint density at radius 2 is 1.60 bits per heavy atom. The molecule has 13 nitrogen and oxygen atoms in total. The van der Waals surface area contributed by atoms with Gasteiger partial charge in [-0.3, -0.25) is 10.1 Å². The molecule has 3 N–H and O–H groups in total. The summed E-state index contributed by atoms with van der Waals surface area (Å²) in [6, 6.07) is 17.7. The van der Waals surface area contributed by atoms with Crippen LogP contribution in [0.3, 0.4) is 0 Å². The van der Waals surface area contributed by atoms with E-state index < -0.39 is 35.4 Å². The molecule has 0 radical (unpaired) electrons. The van der Waals surface area contributed by atoms with Gasteiger partial charge in [-0.15, -0.1) is 16.3 Å². The first-order valence-corrected chi connectivity index (χ1v) is 15.8. The van der Waals surface area contributed by atoms with Crippen LogP contribution in [0.15, 0.2) is 71.0 Å². The second kappa shape index (κ2) is 14.6. The van der Waals surface area contributed by atoms with Crippen molar-refractivity contribution in [1.29, 1.82) is 0 Å². The van der Waals surface area contributed by atoms with Gasteiger partial charge in [0.05, 0.1) is 16.8 Å². The number of carboxylic acid groups (broad SMARTS) is 1. The van der Waals surface area contributed by atoms with E-state index in [1.54, 1.807) is 83.2 Å². The van der Waals surface area contributed by atoms with Crippen molar-refractivity contribution < 1.29 is 38.5 Å². The number of hydrogen-bond donors (Lipinski definition) is 3. The number of alkyl carbamates (subject to hydrolysis) is 1. The third-order valence-corrected chi connectivity index (χ3v) is 7.36. The zero-order valence-corrected chi connectivity index (χ0v) is 28.6. The summed E-state index contributed by atoms with van der Waals surface area (Å²) in [6.07, 6.45) is -3.58. The number of guanidine groups is 1. The van der Waals surface area contributed by atoms with Crippen molar-refractivity contribution in [3.8, 4) is 5.75 Å². The zero-order valence-electron chi connectivity index (χ0n) is 27.8. The van der Waals surface area contributed by atoms with Gasteiger partial charge in [-0.05, 0) is 82.8 Å². The number of anilines is 1. The van der Waals surface area contributed by atoms with Crippen LogP contribution in [0.2, 0.25) is 0 Å². The van der Waals surface area contributed by atoms with Crippen molar-refractivity contribution in [1.82, 2.24) is 14.8 Å². The number of aliphatic imine (C=N–C) groups is 1. The lowest BCUT2D eigenvalue weighted by atomic mass is 10.1. The number of carbonyl (C=O) groups is 4. The van der Waals surface area contributed by atoms with E-state index in [4.69, 9.17) is 14.2 Å². The number of aromatic nitrogens is 1. The lowest BCUT2D eigenvalue weighted by Crippen LogP contribution is -2.48. The fraction of sp³-hybridized carbons (Fsp3) is 0.324. The fourth-order valence-corrected chi connectivity index (χ4v) is 5.26. The van der Waals surface area contributed by atoms with Crippen LogP contribution < -0.4 is 15.4 Å². The Balaban J connectivity index is 1.45. The second-order valence-corrected chi connectivity index (χ2v) is 13.7. The van der Waals surface area contributed by atoms with E-state index >= 15 is 0 Å². The average Bonchev–Trinajstić information content (AvgIpc) is 3.56. The van der Waals surface area contributed by atoms with Crippen molar-refractivity contribution in [2.45, 2.75) is 65.9 Å². The Kier molecular flexibility index (Phi) is 10.8. The molecule has 0 unspecified atom stereocenters. The number of benzene rings is 2. The highest BCUT2D eigenvalue weighted by molar-refractivity contribution is 7.17. The van der Waals surface area contributed by atoms with Gasteiger partial charge in [0.1, 0.15) is 29.3 Å². The van der Waals surface area contributed by atoms with Crippen molar-refractivity contribution >= 4 is 57.4 Å². The highest BCUT2D eigenvalue weighted by Gasteiger charge is 2.27. The molecule has 0 atom stereocenters. The van der Waals surface area contributed by atoms with Crippen molar-refractivity contribution in [2.75, 3.05) is 5.32 Å². The first-order valence-electron chi connectivity index (χ1n) is 14.9. The molecule has 0 spiro atoms. The van der Waals surface area contributed by atoms with E-state index in [1.807, 2.05) is 47.3 Å². The largest absolute Gasteiger partial charge is 0.489 e. The van der Waals surface area contributed by atoms with Crippen LogP contribution in [-0.2, 0) is 29.7 Å². The Bertz CT molecular complexity index is 1830. The minimum absolute atomic E-state index is 0.145. The molecule has 0 saturated heterocycles. The summed E-state index contributed by atoms with van der Waals surface area (Å²) in [6.45, 7) is 9.65. The van der Waals surface area contributed by atoms with Gasteiger partial charge < -0.3 is 29.2 Å². The number of nitrogens with zero attached hydrogens (tertiary/aromatic N) is 3. The normalized spacial score (nSPS) is 11.9. The Hall–Kier alpha value is -5.37. The Labute approximate surface area is 282 Å². The molecule has 14 heteroatoms. The second-order valence-electron chi connectivity index (χ2n) is 12.7. The maximum atomic E-state index is 13.1. The summed E-state index contributed by atoms with van der Waals surface area (Å²) in [5.74, 6) is -0.337. The van der Waals surface area contributed by atoms with Gasteiger partial charge in [0.15, 0.2) is 0 Å². The lowest BCUT2D eigenvalue weighted by Gasteiger charge is -2.24. The third kappa shape index (κ3) is 9.82. The first kappa shape index (κ1) is 35.5. The molecule has 4 rings (SSSR count). The highest BCUT2D eigenvalue weighted by atomic mass is 32.1. The van der Waals surface area contributed by atoms with Crippen molar-refractivity contribution in [3.05, 3.63) is 82.9 Å². The minimum atomic E-state index is -1.48. The molecule has 0 aliphatic rings. The van der Waals surface area contributed by atoms with E-state index in [0.717, 1.165) is 15.8 Å². The molecular formula is C34H39N5O8S. The van der Waals surface area contributed by atoms with Crippen LogP contribution >= 0.6 is 11.3 Å². The van der Waals surface area contributed by atoms with E-state index in [0.29, 0.717) is 27.6 Å². The number of hydrogen-bond acceptors (Lipinski definition) is 8. The number of carbonyl (C=O) groups excluding carboxylic acids is 3. The molecule has 0 bridgehead atoms. The van der Waals surface area contributed by atoms with Gasteiger partial charge in [0.25, 0.3) is 5.91 Å². The number of ether oxygens (including phenoxy) is 3. The van der Waals surface area contributed by atoms with Crippen LogP contribution in [0, 0.1) is 0 Å². The molecule has 4 aromatic rings. The molecule has 2 aromatic heterocycles. The Morgan fingerprint density at radius 3 is 2.23 bits per heavy atom. The van der Waals surface area contributed by atoms with Crippen LogP contribution in [0.1, 0.15) is 63.2 Å². The van der Waals surface area contributed by atoms with Crippen molar-refractivity contribution in [3.63, 3.8) is 0 Å². The van der Waals surface area contributed by atoms with Crippen LogP contribution in [0.5, 0.6) is 5.75 Å². The number of amides is 4. The average molecular weight is 678 g/mol. The molecule has 0 fully saturated rings. The van der Waals surface area contributed by atoms with Crippen LogP contribution in [0.25, 0.3) is 10.2 Å². The van der Waals surface area contributed by atoms with E-state index in [9.17, 15) is 24.3 Å². The Morgan fingerprint density at radius 1 is 0.938 bits per heavy atom. The number of aryl methyl sites for hydroxylation is 1. The maximum absolute atomic E-state index is 13.1. The molecular weight excluding hydrogens is 638 g/mol. The highest BCUT2D eigenvalue weighted by Crippen LogP contribution is 2.26. The third-order valence-electron chi connectivity index (χ3n) is 6.51. The van der Waals surface area contributed by atoms with Crippen LogP contribution in [0.4, 0.5) is 20.1 Å². The summed E-state index contributed by atoms with van der Waals surface area (Å²) < 4.78 is 19.3. The summed E-state index contributed by atoms with van der Waals surface area (Å²) in [5.41, 5.74) is 1.58.